The van der Waals surface area contributed by atoms with E-state index >= 15 is 0 Å². The molecule has 2 N–H and O–H groups in total. The van der Waals surface area contributed by atoms with Gasteiger partial charge < -0.3 is 19.7 Å². The highest BCUT2D eigenvalue weighted by molar-refractivity contribution is 5.12. The number of hydrogen-bond acceptors (Lipinski definition) is 6. The Morgan fingerprint density at radius 2 is 1.90 bits per heavy atom. The topological polar surface area (TPSA) is 83.4 Å². The van der Waals surface area contributed by atoms with E-state index in [-0.39, 0.29) is 5.41 Å². The Kier molecular flexibility index (Phi) is 4.28. The molecule has 0 bridgehead atoms. The van der Waals surface area contributed by atoms with Gasteiger partial charge in [0.05, 0.1) is 5.41 Å². The monoisotopic (exact) mass is 295 g/mol. The van der Waals surface area contributed by atoms with Gasteiger partial charge in [0.2, 0.25) is 11.7 Å². The summed E-state index contributed by atoms with van der Waals surface area (Å²) in [5, 5.41) is 4.25. The van der Waals surface area contributed by atoms with Crippen LogP contribution in [0.25, 0.3) is 0 Å². The Morgan fingerprint density at radius 3 is 2.52 bits per heavy atom. The van der Waals surface area contributed by atoms with Crippen molar-refractivity contribution < 1.29 is 14.0 Å². The average molecular weight is 295 g/mol. The van der Waals surface area contributed by atoms with Gasteiger partial charge in [0.1, 0.15) is 5.60 Å². The van der Waals surface area contributed by atoms with Gasteiger partial charge in [-0.05, 0) is 19.8 Å². The van der Waals surface area contributed by atoms with Crippen LogP contribution in [0, 0.1) is 0 Å². The van der Waals surface area contributed by atoms with Gasteiger partial charge in [-0.1, -0.05) is 18.0 Å². The molecule has 2 fully saturated rings. The lowest BCUT2D eigenvalue weighted by molar-refractivity contribution is -0.118. The molecule has 2 heterocycles. The third kappa shape index (κ3) is 2.60. The predicted molar refractivity (Wildman–Crippen MR) is 76.9 cm³/mol. The molecule has 0 atom stereocenters. The fourth-order valence-electron chi connectivity index (χ4n) is 3.59. The lowest BCUT2D eigenvalue weighted by Gasteiger charge is -2.33. The third-order valence-corrected chi connectivity index (χ3v) is 4.96. The Hall–Kier alpha value is -0.980. The smallest absolute Gasteiger partial charge is 0.234 e. The highest BCUT2D eigenvalue weighted by Gasteiger charge is 2.44. The molecule has 0 spiro atoms. The molecular formula is C15H25N3O3. The summed E-state index contributed by atoms with van der Waals surface area (Å²) < 4.78 is 17.1. The van der Waals surface area contributed by atoms with Gasteiger partial charge in [0, 0.05) is 39.2 Å². The Bertz CT molecular complexity index is 457. The summed E-state index contributed by atoms with van der Waals surface area (Å²) in [4.78, 5) is 4.71. The number of hydrogen-bond donors (Lipinski definition) is 1. The summed E-state index contributed by atoms with van der Waals surface area (Å²) in [6.07, 6.45) is 5.98. The van der Waals surface area contributed by atoms with Crippen molar-refractivity contribution in [3.63, 3.8) is 0 Å². The summed E-state index contributed by atoms with van der Waals surface area (Å²) in [5.74, 6) is 1.37. The zero-order valence-corrected chi connectivity index (χ0v) is 12.8. The minimum absolute atomic E-state index is 0.121. The van der Waals surface area contributed by atoms with E-state index in [9.17, 15) is 0 Å². The van der Waals surface area contributed by atoms with E-state index in [0.29, 0.717) is 38.1 Å². The number of aromatic nitrogens is 2. The fraction of sp³-hybridized carbons (Fsp3) is 0.867. The van der Waals surface area contributed by atoms with E-state index in [4.69, 9.17) is 24.7 Å². The van der Waals surface area contributed by atoms with Gasteiger partial charge in [-0.2, -0.15) is 4.98 Å². The lowest BCUT2D eigenvalue weighted by Crippen LogP contribution is -2.38. The quantitative estimate of drug-likeness (QED) is 0.893. The van der Waals surface area contributed by atoms with Gasteiger partial charge in [0.25, 0.3) is 0 Å². The number of nitrogens with zero attached hydrogens (tertiary/aromatic N) is 2. The second kappa shape index (κ2) is 6.02. The molecule has 1 aliphatic heterocycles. The zero-order chi connectivity index (χ0) is 14.8. The SMILES string of the molecule is CCOC1(c2noc(C3(CN)CCCC3)n2)CCOCC1. The van der Waals surface area contributed by atoms with Crippen molar-refractivity contribution in [1.29, 1.82) is 0 Å². The van der Waals surface area contributed by atoms with Gasteiger partial charge >= 0.3 is 0 Å². The Balaban J connectivity index is 1.88. The zero-order valence-electron chi connectivity index (χ0n) is 12.8. The van der Waals surface area contributed by atoms with Crippen LogP contribution in [0.4, 0.5) is 0 Å². The molecule has 0 amide bonds. The first-order chi connectivity index (χ1) is 10.2. The third-order valence-electron chi connectivity index (χ3n) is 4.96. The lowest BCUT2D eigenvalue weighted by atomic mass is 9.86. The number of ether oxygens (including phenoxy) is 2. The second-order valence-electron chi connectivity index (χ2n) is 6.15. The summed E-state index contributed by atoms with van der Waals surface area (Å²) >= 11 is 0. The van der Waals surface area contributed by atoms with E-state index in [1.165, 1.54) is 12.8 Å². The van der Waals surface area contributed by atoms with E-state index in [1.54, 1.807) is 0 Å². The van der Waals surface area contributed by atoms with E-state index < -0.39 is 5.60 Å². The van der Waals surface area contributed by atoms with Crippen LogP contribution in [0.15, 0.2) is 4.52 Å². The standard InChI is InChI=1S/C15H25N3O3/c1-2-20-15(7-9-19-10-8-15)12-17-13(21-18-12)14(11-16)5-3-4-6-14/h2-11,16H2,1H3. The highest BCUT2D eigenvalue weighted by Crippen LogP contribution is 2.41. The molecule has 6 nitrogen and oxygen atoms in total. The van der Waals surface area contributed by atoms with E-state index in [0.717, 1.165) is 25.7 Å². The van der Waals surface area contributed by atoms with Crippen molar-refractivity contribution in [2.75, 3.05) is 26.4 Å². The minimum Gasteiger partial charge on any atom is -0.381 e. The van der Waals surface area contributed by atoms with Crippen LogP contribution in [0.5, 0.6) is 0 Å². The molecule has 21 heavy (non-hydrogen) atoms. The number of nitrogens with two attached hydrogens (primary N) is 1. The van der Waals surface area contributed by atoms with Crippen LogP contribution in [0.3, 0.4) is 0 Å². The highest BCUT2D eigenvalue weighted by atomic mass is 16.5. The van der Waals surface area contributed by atoms with Crippen LogP contribution in [0.1, 0.15) is 57.2 Å². The predicted octanol–water partition coefficient (Wildman–Crippen LogP) is 1.88. The molecule has 2 aliphatic rings. The van der Waals surface area contributed by atoms with E-state index in [2.05, 4.69) is 5.16 Å². The molecule has 0 radical (unpaired) electrons. The Labute approximate surface area is 125 Å². The average Bonchev–Trinajstić information content (AvgIpc) is 3.19. The van der Waals surface area contributed by atoms with Gasteiger partial charge in [-0.3, -0.25) is 0 Å². The van der Waals surface area contributed by atoms with Crippen LogP contribution in [-0.2, 0) is 20.5 Å². The summed E-state index contributed by atoms with van der Waals surface area (Å²) in [5.41, 5.74) is 5.42. The molecule has 1 saturated carbocycles. The largest absolute Gasteiger partial charge is 0.381 e. The van der Waals surface area contributed by atoms with Crippen molar-refractivity contribution >= 4 is 0 Å². The maximum Gasteiger partial charge on any atom is 0.234 e. The summed E-state index contributed by atoms with van der Waals surface area (Å²) in [6.45, 7) is 4.54. The second-order valence-corrected chi connectivity index (χ2v) is 6.15. The van der Waals surface area contributed by atoms with Crippen LogP contribution >= 0.6 is 0 Å². The van der Waals surface area contributed by atoms with Crippen LogP contribution in [0.2, 0.25) is 0 Å². The molecule has 0 unspecified atom stereocenters. The van der Waals surface area contributed by atoms with Crippen molar-refractivity contribution in [3.8, 4) is 0 Å². The maximum absolute atomic E-state index is 6.00. The first-order valence-corrected chi connectivity index (χ1v) is 8.01. The fourth-order valence-corrected chi connectivity index (χ4v) is 3.59. The van der Waals surface area contributed by atoms with E-state index in [1.807, 2.05) is 6.92 Å². The molecule has 1 aliphatic carbocycles. The Morgan fingerprint density at radius 1 is 1.19 bits per heavy atom. The van der Waals surface area contributed by atoms with Crippen LogP contribution < -0.4 is 5.73 Å². The first kappa shape index (κ1) is 14.9. The molecule has 118 valence electrons. The van der Waals surface area contributed by atoms with Crippen molar-refractivity contribution in [2.24, 2.45) is 5.73 Å². The molecule has 1 aromatic rings. The summed E-state index contributed by atoms with van der Waals surface area (Å²) in [7, 11) is 0. The normalized spacial score (nSPS) is 24.3. The van der Waals surface area contributed by atoms with Crippen molar-refractivity contribution in [3.05, 3.63) is 11.7 Å². The summed E-state index contributed by atoms with van der Waals surface area (Å²) in [6, 6.07) is 0. The first-order valence-electron chi connectivity index (χ1n) is 8.01. The molecule has 1 aromatic heterocycles. The molecule has 1 saturated heterocycles. The van der Waals surface area contributed by atoms with Gasteiger partial charge in [-0.25, -0.2) is 0 Å². The van der Waals surface area contributed by atoms with Crippen molar-refractivity contribution in [1.82, 2.24) is 10.1 Å². The molecule has 3 rings (SSSR count). The van der Waals surface area contributed by atoms with Gasteiger partial charge in [-0.15, -0.1) is 0 Å². The molecule has 6 heteroatoms. The number of rotatable bonds is 5. The van der Waals surface area contributed by atoms with Crippen LogP contribution in [-0.4, -0.2) is 36.5 Å². The molecular weight excluding hydrogens is 270 g/mol. The maximum atomic E-state index is 6.00. The van der Waals surface area contributed by atoms with Crippen molar-refractivity contribution in [2.45, 2.75) is 56.5 Å². The minimum atomic E-state index is -0.455. The molecule has 0 aromatic carbocycles. The van der Waals surface area contributed by atoms with Gasteiger partial charge in [0.15, 0.2) is 0 Å².